The van der Waals surface area contributed by atoms with Crippen molar-refractivity contribution in [3.63, 3.8) is 0 Å². The maximum atomic E-state index is 13.1. The van der Waals surface area contributed by atoms with E-state index in [9.17, 15) is 18.0 Å². The molecular formula is C25H24ClN3O4S. The molecule has 9 heteroatoms. The fraction of sp³-hybridized carbons (Fsp3) is 0.200. The lowest BCUT2D eigenvalue weighted by Gasteiger charge is -2.20. The van der Waals surface area contributed by atoms with Crippen LogP contribution in [0.4, 0.5) is 11.4 Å². The van der Waals surface area contributed by atoms with E-state index >= 15 is 0 Å². The number of benzene rings is 3. The molecule has 0 aliphatic carbocycles. The average molecular weight is 498 g/mol. The summed E-state index contributed by atoms with van der Waals surface area (Å²) in [7, 11) is -3.28. The van der Waals surface area contributed by atoms with Crippen LogP contribution in [0.15, 0.2) is 78.9 Å². The normalized spacial score (nSPS) is 15.5. The highest BCUT2D eigenvalue weighted by Gasteiger charge is 2.28. The fourth-order valence-electron chi connectivity index (χ4n) is 3.77. The van der Waals surface area contributed by atoms with Gasteiger partial charge in [-0.25, -0.2) is 8.42 Å². The Bertz CT molecular complexity index is 1260. The maximum Gasteiger partial charge on any atom is 0.251 e. The van der Waals surface area contributed by atoms with Gasteiger partial charge in [-0.05, 0) is 60.5 Å². The maximum absolute atomic E-state index is 13.1. The third-order valence-corrected chi connectivity index (χ3v) is 7.65. The minimum atomic E-state index is -3.28. The smallest absolute Gasteiger partial charge is 0.251 e. The number of rotatable bonds is 7. The molecule has 1 saturated heterocycles. The number of carbonyl (C=O) groups excluding carboxylic acids is 2. The number of hydrogen-bond acceptors (Lipinski definition) is 4. The lowest BCUT2D eigenvalue weighted by molar-refractivity contribution is -0.118. The average Bonchev–Trinajstić information content (AvgIpc) is 3.19. The van der Waals surface area contributed by atoms with Crippen LogP contribution in [-0.2, 0) is 21.2 Å². The summed E-state index contributed by atoms with van der Waals surface area (Å²) in [5, 5.41) is 6.14. The standard InChI is InChI=1S/C25H24ClN3O4S/c26-20-9-7-19(8-10-20)24(30)28-23(17-18-5-2-1-3-6-18)25(31)27-21-11-13-22(14-12-21)29-15-4-16-34(29,32)33/h1-3,5-14,23H,4,15-17H2,(H,27,31)(H,28,30). The molecule has 1 fully saturated rings. The van der Waals surface area contributed by atoms with Gasteiger partial charge in [0.2, 0.25) is 15.9 Å². The van der Waals surface area contributed by atoms with Crippen LogP contribution in [0, 0.1) is 0 Å². The second-order valence-corrected chi connectivity index (χ2v) is 10.4. The predicted octanol–water partition coefficient (Wildman–Crippen LogP) is 3.86. The number of carbonyl (C=O) groups is 2. The van der Waals surface area contributed by atoms with Crippen LogP contribution in [0.1, 0.15) is 22.3 Å². The van der Waals surface area contributed by atoms with Gasteiger partial charge in [-0.2, -0.15) is 0 Å². The molecule has 0 bridgehead atoms. The highest BCUT2D eigenvalue weighted by Crippen LogP contribution is 2.25. The lowest BCUT2D eigenvalue weighted by Crippen LogP contribution is -2.45. The first-order valence-electron chi connectivity index (χ1n) is 10.8. The third-order valence-electron chi connectivity index (χ3n) is 5.53. The van der Waals surface area contributed by atoms with Gasteiger partial charge in [-0.1, -0.05) is 41.9 Å². The molecule has 176 valence electrons. The largest absolute Gasteiger partial charge is 0.340 e. The minimum absolute atomic E-state index is 0.139. The Morgan fingerprint density at radius 3 is 2.24 bits per heavy atom. The highest BCUT2D eigenvalue weighted by atomic mass is 35.5. The zero-order valence-corrected chi connectivity index (χ0v) is 19.9. The summed E-state index contributed by atoms with van der Waals surface area (Å²) in [5.41, 5.74) is 2.36. The summed E-state index contributed by atoms with van der Waals surface area (Å²) < 4.78 is 25.6. The number of hydrogen-bond donors (Lipinski definition) is 2. The Morgan fingerprint density at radius 1 is 0.941 bits per heavy atom. The molecule has 1 aliphatic heterocycles. The topological polar surface area (TPSA) is 95.6 Å². The zero-order valence-electron chi connectivity index (χ0n) is 18.3. The van der Waals surface area contributed by atoms with Crippen molar-refractivity contribution >= 4 is 44.8 Å². The van der Waals surface area contributed by atoms with Crippen LogP contribution in [0.2, 0.25) is 5.02 Å². The van der Waals surface area contributed by atoms with Gasteiger partial charge in [0.25, 0.3) is 5.91 Å². The van der Waals surface area contributed by atoms with Crippen LogP contribution >= 0.6 is 11.6 Å². The van der Waals surface area contributed by atoms with E-state index in [-0.39, 0.29) is 17.6 Å². The lowest BCUT2D eigenvalue weighted by atomic mass is 10.0. The van der Waals surface area contributed by atoms with Crippen LogP contribution < -0.4 is 14.9 Å². The Kier molecular flexibility index (Phi) is 7.19. The molecule has 1 heterocycles. The van der Waals surface area contributed by atoms with Gasteiger partial charge in [-0.3, -0.25) is 13.9 Å². The van der Waals surface area contributed by atoms with Gasteiger partial charge in [0.05, 0.1) is 11.4 Å². The second kappa shape index (κ2) is 10.3. The summed E-state index contributed by atoms with van der Waals surface area (Å²) in [4.78, 5) is 25.9. The molecule has 7 nitrogen and oxygen atoms in total. The van der Waals surface area contributed by atoms with E-state index in [1.165, 1.54) is 4.31 Å². The number of sulfonamides is 1. The van der Waals surface area contributed by atoms with Crippen LogP contribution in [0.5, 0.6) is 0 Å². The Labute approximate surface area is 203 Å². The predicted molar refractivity (Wildman–Crippen MR) is 134 cm³/mol. The first-order chi connectivity index (χ1) is 16.3. The van der Waals surface area contributed by atoms with Crippen molar-refractivity contribution in [1.82, 2.24) is 5.32 Å². The molecule has 0 spiro atoms. The fourth-order valence-corrected chi connectivity index (χ4v) is 5.46. The molecular weight excluding hydrogens is 474 g/mol. The molecule has 4 rings (SSSR count). The molecule has 34 heavy (non-hydrogen) atoms. The minimum Gasteiger partial charge on any atom is -0.340 e. The summed E-state index contributed by atoms with van der Waals surface area (Å²) in [5.74, 6) is -0.630. The molecule has 1 unspecified atom stereocenters. The number of nitrogens with one attached hydrogen (secondary N) is 2. The van der Waals surface area contributed by atoms with E-state index in [2.05, 4.69) is 10.6 Å². The molecule has 0 radical (unpaired) electrons. The Balaban J connectivity index is 1.49. The SMILES string of the molecule is O=C(NC(Cc1ccccc1)C(=O)Nc1ccc(N2CCCS2(=O)=O)cc1)c1ccc(Cl)cc1. The van der Waals surface area contributed by atoms with E-state index in [1.807, 2.05) is 30.3 Å². The first-order valence-corrected chi connectivity index (χ1v) is 12.8. The number of halogens is 1. The third kappa shape index (κ3) is 5.76. The van der Waals surface area contributed by atoms with Gasteiger partial charge < -0.3 is 10.6 Å². The number of anilines is 2. The van der Waals surface area contributed by atoms with Crippen LogP contribution in [0.25, 0.3) is 0 Å². The first kappa shape index (κ1) is 23.8. The van der Waals surface area contributed by atoms with Crippen molar-refractivity contribution in [2.24, 2.45) is 0 Å². The van der Waals surface area contributed by atoms with Gasteiger partial charge in [0.15, 0.2) is 0 Å². The molecule has 0 aromatic heterocycles. The molecule has 2 amide bonds. The van der Waals surface area contributed by atoms with Gasteiger partial charge >= 0.3 is 0 Å². The molecule has 1 atom stereocenters. The van der Waals surface area contributed by atoms with E-state index in [0.717, 1.165) is 5.56 Å². The van der Waals surface area contributed by atoms with Crippen molar-refractivity contribution in [2.45, 2.75) is 18.9 Å². The van der Waals surface area contributed by atoms with Crippen molar-refractivity contribution in [3.05, 3.63) is 95.0 Å². The number of nitrogens with zero attached hydrogens (tertiary/aromatic N) is 1. The van der Waals surface area contributed by atoms with E-state index in [4.69, 9.17) is 11.6 Å². The van der Waals surface area contributed by atoms with E-state index in [0.29, 0.717) is 41.3 Å². The van der Waals surface area contributed by atoms with Crippen molar-refractivity contribution in [1.29, 1.82) is 0 Å². The summed E-state index contributed by atoms with van der Waals surface area (Å²) >= 11 is 5.91. The zero-order chi connectivity index (χ0) is 24.1. The molecule has 3 aromatic carbocycles. The summed E-state index contributed by atoms with van der Waals surface area (Å²) in [6, 6.07) is 21.6. The summed E-state index contributed by atoms with van der Waals surface area (Å²) in [6.45, 7) is 0.448. The highest BCUT2D eigenvalue weighted by molar-refractivity contribution is 7.93. The number of amides is 2. The van der Waals surface area contributed by atoms with Crippen molar-refractivity contribution in [2.75, 3.05) is 21.9 Å². The van der Waals surface area contributed by atoms with Crippen molar-refractivity contribution < 1.29 is 18.0 Å². The Morgan fingerprint density at radius 2 is 1.62 bits per heavy atom. The van der Waals surface area contributed by atoms with Gasteiger partial charge in [0, 0.05) is 29.2 Å². The van der Waals surface area contributed by atoms with Crippen molar-refractivity contribution in [3.8, 4) is 0 Å². The quantitative estimate of drug-likeness (QED) is 0.518. The molecule has 3 aromatic rings. The monoisotopic (exact) mass is 497 g/mol. The molecule has 2 N–H and O–H groups in total. The molecule has 1 aliphatic rings. The van der Waals surface area contributed by atoms with Gasteiger partial charge in [0.1, 0.15) is 6.04 Å². The second-order valence-electron chi connectivity index (χ2n) is 8.00. The van der Waals surface area contributed by atoms with Gasteiger partial charge in [-0.15, -0.1) is 0 Å². The van der Waals surface area contributed by atoms with E-state index in [1.54, 1.807) is 48.5 Å². The van der Waals surface area contributed by atoms with Crippen LogP contribution in [0.3, 0.4) is 0 Å². The molecule has 0 saturated carbocycles. The van der Waals surface area contributed by atoms with E-state index < -0.39 is 16.1 Å². The summed E-state index contributed by atoms with van der Waals surface area (Å²) in [6.07, 6.45) is 0.894. The Hall–Kier alpha value is -3.36. The van der Waals surface area contributed by atoms with Crippen LogP contribution in [-0.4, -0.2) is 38.6 Å².